The Morgan fingerprint density at radius 3 is 2.45 bits per heavy atom. The first-order valence-corrected chi connectivity index (χ1v) is 5.69. The Kier molecular flexibility index (Phi) is 3.56. The van der Waals surface area contributed by atoms with Crippen molar-refractivity contribution in [3.63, 3.8) is 0 Å². The first-order chi connectivity index (χ1) is 9.20. The van der Waals surface area contributed by atoms with Gasteiger partial charge in [-0.25, -0.2) is 4.39 Å². The molecule has 8 heteroatoms. The van der Waals surface area contributed by atoms with Crippen molar-refractivity contribution >= 4 is 11.6 Å². The fraction of sp³-hybridized carbons (Fsp3) is 0.167. The summed E-state index contributed by atoms with van der Waals surface area (Å²) in [5.74, 6) is -0.832. The largest absolute Gasteiger partial charge is 0.433 e. The molecule has 2 aromatic rings. The maximum absolute atomic E-state index is 13.7. The summed E-state index contributed by atoms with van der Waals surface area (Å²) >= 11 is 5.57. The van der Waals surface area contributed by atoms with E-state index >= 15 is 0 Å². The topological polar surface area (TPSA) is 34.9 Å². The molecule has 0 aliphatic heterocycles. The Morgan fingerprint density at radius 2 is 1.90 bits per heavy atom. The van der Waals surface area contributed by atoms with Crippen molar-refractivity contribution in [1.82, 2.24) is 9.78 Å². The predicted octanol–water partition coefficient (Wildman–Crippen LogP) is 3.26. The Hall–Kier alpha value is -1.89. The summed E-state index contributed by atoms with van der Waals surface area (Å²) in [4.78, 5) is 11.7. The van der Waals surface area contributed by atoms with Gasteiger partial charge in [0, 0.05) is 23.7 Å². The fourth-order valence-corrected chi connectivity index (χ4v) is 1.83. The van der Waals surface area contributed by atoms with Crippen molar-refractivity contribution in [2.75, 3.05) is 0 Å². The molecule has 0 fully saturated rings. The minimum Gasteiger partial charge on any atom is -0.287 e. The normalized spacial score (nSPS) is 11.7. The molecule has 1 aromatic carbocycles. The minimum absolute atomic E-state index is 0.106. The first kappa shape index (κ1) is 14.5. The first-order valence-electron chi connectivity index (χ1n) is 5.31. The lowest BCUT2D eigenvalue weighted by Crippen LogP contribution is -2.22. The third kappa shape index (κ3) is 2.67. The standard InChI is InChI=1S/C12H7ClF4N2O/c1-19-10(12(15,16)17)5-9(20)11(18-19)7-3-2-6(13)4-8(7)14/h2-5H,1H3. The van der Waals surface area contributed by atoms with Crippen LogP contribution in [0.5, 0.6) is 0 Å². The van der Waals surface area contributed by atoms with Gasteiger partial charge in [-0.15, -0.1) is 0 Å². The molecule has 0 saturated carbocycles. The van der Waals surface area contributed by atoms with Crippen LogP contribution in [0.3, 0.4) is 0 Å². The van der Waals surface area contributed by atoms with Crippen LogP contribution in [0.25, 0.3) is 11.3 Å². The molecule has 0 amide bonds. The van der Waals surface area contributed by atoms with Crippen LogP contribution in [0.4, 0.5) is 17.6 Å². The molecule has 0 aliphatic carbocycles. The molecule has 0 aliphatic rings. The van der Waals surface area contributed by atoms with Crippen molar-refractivity contribution in [2.45, 2.75) is 6.18 Å². The van der Waals surface area contributed by atoms with Gasteiger partial charge >= 0.3 is 6.18 Å². The monoisotopic (exact) mass is 306 g/mol. The smallest absolute Gasteiger partial charge is 0.287 e. The summed E-state index contributed by atoms with van der Waals surface area (Å²) in [6.07, 6.45) is -4.71. The molecule has 2 rings (SSSR count). The molecule has 1 aromatic heterocycles. The van der Waals surface area contributed by atoms with E-state index in [0.29, 0.717) is 10.7 Å². The summed E-state index contributed by atoms with van der Waals surface area (Å²) < 4.78 is 52.0. The van der Waals surface area contributed by atoms with Gasteiger partial charge in [-0.1, -0.05) is 11.6 Å². The van der Waals surface area contributed by atoms with Crippen molar-refractivity contribution in [2.24, 2.45) is 7.05 Å². The lowest BCUT2D eigenvalue weighted by Gasteiger charge is -2.12. The highest BCUT2D eigenvalue weighted by atomic mass is 35.5. The van der Waals surface area contributed by atoms with E-state index in [1.54, 1.807) is 0 Å². The van der Waals surface area contributed by atoms with Crippen molar-refractivity contribution in [3.05, 3.63) is 51.0 Å². The highest BCUT2D eigenvalue weighted by Crippen LogP contribution is 2.28. The van der Waals surface area contributed by atoms with Crippen LogP contribution in [-0.2, 0) is 13.2 Å². The summed E-state index contributed by atoms with van der Waals surface area (Å²) in [7, 11) is 1.03. The number of benzene rings is 1. The van der Waals surface area contributed by atoms with E-state index in [4.69, 9.17) is 11.6 Å². The number of aromatic nitrogens is 2. The number of hydrogen-bond acceptors (Lipinski definition) is 2. The van der Waals surface area contributed by atoms with Crippen LogP contribution in [0, 0.1) is 5.82 Å². The maximum atomic E-state index is 13.7. The molecule has 0 atom stereocenters. The van der Waals surface area contributed by atoms with E-state index in [1.807, 2.05) is 0 Å². The number of halogens is 5. The van der Waals surface area contributed by atoms with Crippen molar-refractivity contribution < 1.29 is 17.6 Å². The van der Waals surface area contributed by atoms with E-state index in [1.165, 1.54) is 12.1 Å². The van der Waals surface area contributed by atoms with Gasteiger partial charge in [0.25, 0.3) is 0 Å². The number of rotatable bonds is 1. The average Bonchev–Trinajstić information content (AvgIpc) is 2.31. The van der Waals surface area contributed by atoms with Gasteiger partial charge in [0.2, 0.25) is 5.43 Å². The zero-order chi connectivity index (χ0) is 15.1. The Labute approximate surface area is 115 Å². The van der Waals surface area contributed by atoms with Crippen LogP contribution in [0.15, 0.2) is 29.1 Å². The molecule has 0 unspecified atom stereocenters. The van der Waals surface area contributed by atoms with Gasteiger partial charge in [0.05, 0.1) is 0 Å². The molecule has 0 bridgehead atoms. The van der Waals surface area contributed by atoms with Gasteiger partial charge in [-0.3, -0.25) is 9.48 Å². The number of aryl methyl sites for hydroxylation is 1. The van der Waals surface area contributed by atoms with Crippen LogP contribution >= 0.6 is 11.6 Å². The third-order valence-corrected chi connectivity index (χ3v) is 2.81. The molecular weight excluding hydrogens is 300 g/mol. The summed E-state index contributed by atoms with van der Waals surface area (Å²) in [5.41, 5.74) is -2.84. The molecule has 0 radical (unpaired) electrons. The molecule has 3 nitrogen and oxygen atoms in total. The van der Waals surface area contributed by atoms with Crippen LogP contribution in [0.2, 0.25) is 5.02 Å². The Bertz CT molecular complexity index is 724. The fourth-order valence-electron chi connectivity index (χ4n) is 1.67. The molecular formula is C12H7ClF4N2O. The van der Waals surface area contributed by atoms with Gasteiger partial charge in [-0.05, 0) is 18.2 Å². The number of nitrogens with zero attached hydrogens (tertiary/aromatic N) is 2. The van der Waals surface area contributed by atoms with E-state index in [0.717, 1.165) is 13.1 Å². The highest BCUT2D eigenvalue weighted by Gasteiger charge is 2.34. The summed E-state index contributed by atoms with van der Waals surface area (Å²) in [5, 5.41) is 3.61. The van der Waals surface area contributed by atoms with E-state index in [-0.39, 0.29) is 10.6 Å². The summed E-state index contributed by atoms with van der Waals surface area (Å²) in [6, 6.07) is 3.85. The number of alkyl halides is 3. The van der Waals surface area contributed by atoms with Crippen LogP contribution in [0.1, 0.15) is 5.69 Å². The van der Waals surface area contributed by atoms with E-state index in [2.05, 4.69) is 5.10 Å². The lowest BCUT2D eigenvalue weighted by atomic mass is 10.1. The Balaban J connectivity index is 2.66. The molecule has 0 spiro atoms. The van der Waals surface area contributed by atoms with Crippen molar-refractivity contribution in [3.8, 4) is 11.3 Å². The van der Waals surface area contributed by atoms with Crippen LogP contribution in [-0.4, -0.2) is 9.78 Å². The summed E-state index contributed by atoms with van der Waals surface area (Å²) in [6.45, 7) is 0. The predicted molar refractivity (Wildman–Crippen MR) is 64.9 cm³/mol. The van der Waals surface area contributed by atoms with E-state index in [9.17, 15) is 22.4 Å². The van der Waals surface area contributed by atoms with Crippen LogP contribution < -0.4 is 5.43 Å². The zero-order valence-corrected chi connectivity index (χ0v) is 10.8. The van der Waals surface area contributed by atoms with E-state index < -0.39 is 28.8 Å². The number of hydrogen-bond donors (Lipinski definition) is 0. The second-order valence-electron chi connectivity index (χ2n) is 3.99. The quantitative estimate of drug-likeness (QED) is 0.758. The zero-order valence-electron chi connectivity index (χ0n) is 10.0. The van der Waals surface area contributed by atoms with Gasteiger partial charge in [0.1, 0.15) is 17.2 Å². The Morgan fingerprint density at radius 1 is 1.25 bits per heavy atom. The SMILES string of the molecule is Cn1nc(-c2ccc(Cl)cc2F)c(=O)cc1C(F)(F)F. The van der Waals surface area contributed by atoms with Gasteiger partial charge in [0.15, 0.2) is 0 Å². The lowest BCUT2D eigenvalue weighted by molar-refractivity contribution is -0.144. The van der Waals surface area contributed by atoms with Crippen molar-refractivity contribution in [1.29, 1.82) is 0 Å². The average molecular weight is 307 g/mol. The second kappa shape index (κ2) is 4.90. The molecule has 0 N–H and O–H groups in total. The maximum Gasteiger partial charge on any atom is 0.433 e. The third-order valence-electron chi connectivity index (χ3n) is 2.58. The van der Waals surface area contributed by atoms with Gasteiger partial charge in [-0.2, -0.15) is 18.3 Å². The molecule has 20 heavy (non-hydrogen) atoms. The highest BCUT2D eigenvalue weighted by molar-refractivity contribution is 6.30. The second-order valence-corrected chi connectivity index (χ2v) is 4.42. The van der Waals surface area contributed by atoms with Gasteiger partial charge < -0.3 is 0 Å². The molecule has 1 heterocycles. The minimum atomic E-state index is -4.71. The molecule has 106 valence electrons. The molecule has 0 saturated heterocycles.